The van der Waals surface area contributed by atoms with Crippen LogP contribution >= 0.6 is 0 Å². The molecule has 3 fully saturated rings. The molecule has 9 heteroatoms. The second-order valence-corrected chi connectivity index (χ2v) is 7.61. The lowest BCUT2D eigenvalue weighted by molar-refractivity contribution is -0.151. The molecule has 0 bridgehead atoms. The number of amides is 1. The molecule has 3 aliphatic rings. The summed E-state index contributed by atoms with van der Waals surface area (Å²) in [5.74, 6) is 0.335. The molecular formula is C18H22N6O3. The maximum atomic E-state index is 13.2. The Kier molecular flexibility index (Phi) is 3.76. The summed E-state index contributed by atoms with van der Waals surface area (Å²) in [6.07, 6.45) is 7.03. The summed E-state index contributed by atoms with van der Waals surface area (Å²) in [7, 11) is 0. The first-order chi connectivity index (χ1) is 13.2. The van der Waals surface area contributed by atoms with Crippen molar-refractivity contribution >= 4 is 28.9 Å². The minimum atomic E-state index is -0.542. The Morgan fingerprint density at radius 1 is 1.15 bits per heavy atom. The zero-order valence-electron chi connectivity index (χ0n) is 15.1. The molecule has 142 valence electrons. The van der Waals surface area contributed by atoms with Crippen molar-refractivity contribution in [2.75, 3.05) is 31.1 Å². The number of nitrogens with one attached hydrogen (secondary N) is 1. The van der Waals surface area contributed by atoms with Crippen LogP contribution in [0.15, 0.2) is 12.7 Å². The lowest BCUT2D eigenvalue weighted by Gasteiger charge is -2.38. The van der Waals surface area contributed by atoms with Crippen LogP contribution in [0.1, 0.15) is 32.1 Å². The molecule has 1 saturated carbocycles. The van der Waals surface area contributed by atoms with Crippen molar-refractivity contribution in [1.82, 2.24) is 24.8 Å². The maximum Gasteiger partial charge on any atom is 0.307 e. The molecule has 1 aliphatic carbocycles. The van der Waals surface area contributed by atoms with E-state index < -0.39 is 5.60 Å². The highest BCUT2D eigenvalue weighted by molar-refractivity contribution is 5.88. The number of carbonyl (C=O) groups excluding carboxylic acids is 2. The molecule has 0 radical (unpaired) electrons. The Morgan fingerprint density at radius 3 is 2.70 bits per heavy atom. The van der Waals surface area contributed by atoms with Crippen molar-refractivity contribution in [2.45, 2.75) is 37.7 Å². The molecule has 9 nitrogen and oxygen atoms in total. The van der Waals surface area contributed by atoms with Crippen LogP contribution in [0, 0.1) is 5.92 Å². The van der Waals surface area contributed by atoms with Gasteiger partial charge >= 0.3 is 5.97 Å². The first kappa shape index (κ1) is 16.5. The molecule has 2 aromatic heterocycles. The van der Waals surface area contributed by atoms with Crippen molar-refractivity contribution < 1.29 is 14.3 Å². The largest absolute Gasteiger partial charge is 0.458 e. The number of piperazine rings is 1. The van der Waals surface area contributed by atoms with Gasteiger partial charge in [0, 0.05) is 26.2 Å². The van der Waals surface area contributed by atoms with Crippen LogP contribution in [0.2, 0.25) is 0 Å². The number of aromatic amines is 1. The number of rotatable bonds is 2. The van der Waals surface area contributed by atoms with E-state index in [2.05, 4.69) is 24.8 Å². The van der Waals surface area contributed by atoms with Crippen molar-refractivity contribution in [1.29, 1.82) is 0 Å². The molecule has 2 aromatic rings. The van der Waals surface area contributed by atoms with Crippen LogP contribution in [0.3, 0.4) is 0 Å². The van der Waals surface area contributed by atoms with E-state index in [-0.39, 0.29) is 24.2 Å². The van der Waals surface area contributed by atoms with E-state index in [0.717, 1.165) is 37.0 Å². The second-order valence-electron chi connectivity index (χ2n) is 7.61. The number of H-pyrrole nitrogens is 1. The number of ether oxygens (including phenoxy) is 1. The summed E-state index contributed by atoms with van der Waals surface area (Å²) in [6, 6.07) is 0. The number of esters is 1. The number of hydrogen-bond donors (Lipinski definition) is 1. The van der Waals surface area contributed by atoms with Crippen molar-refractivity contribution in [2.24, 2.45) is 5.92 Å². The van der Waals surface area contributed by atoms with Crippen LogP contribution in [0.25, 0.3) is 11.2 Å². The molecule has 1 unspecified atom stereocenters. The fourth-order valence-electron chi connectivity index (χ4n) is 4.78. The molecule has 2 saturated heterocycles. The zero-order valence-corrected chi connectivity index (χ0v) is 15.1. The van der Waals surface area contributed by atoms with Gasteiger partial charge in [0.25, 0.3) is 0 Å². The number of hydrogen-bond acceptors (Lipinski definition) is 7. The van der Waals surface area contributed by atoms with Gasteiger partial charge in [0.05, 0.1) is 18.7 Å². The fraction of sp³-hybridized carbons (Fsp3) is 0.611. The summed E-state index contributed by atoms with van der Waals surface area (Å²) < 4.78 is 5.64. The first-order valence-electron chi connectivity index (χ1n) is 9.56. The van der Waals surface area contributed by atoms with Crippen LogP contribution in [-0.4, -0.2) is 68.5 Å². The Labute approximate surface area is 156 Å². The van der Waals surface area contributed by atoms with Gasteiger partial charge in [-0.05, 0) is 25.7 Å². The van der Waals surface area contributed by atoms with Crippen LogP contribution < -0.4 is 4.90 Å². The van der Waals surface area contributed by atoms with Crippen LogP contribution in [-0.2, 0) is 14.3 Å². The van der Waals surface area contributed by atoms with Gasteiger partial charge in [-0.25, -0.2) is 15.0 Å². The number of aromatic nitrogens is 4. The standard InChI is InChI=1S/C18H22N6O3/c25-13-9-12(18(27-13)3-1-2-4-18)17(26)24-7-5-23(6-8-24)16-14-15(20-10-19-14)21-11-22-16/h10-12H,1-9H2,(H,19,20,21,22). The molecular weight excluding hydrogens is 348 g/mol. The van der Waals surface area contributed by atoms with E-state index in [1.165, 1.54) is 6.33 Å². The van der Waals surface area contributed by atoms with E-state index >= 15 is 0 Å². The molecule has 1 amide bonds. The minimum absolute atomic E-state index is 0.0665. The highest BCUT2D eigenvalue weighted by atomic mass is 16.6. The Balaban J connectivity index is 1.30. The lowest BCUT2D eigenvalue weighted by Crippen LogP contribution is -2.53. The molecule has 1 N–H and O–H groups in total. The van der Waals surface area contributed by atoms with Crippen LogP contribution in [0.5, 0.6) is 0 Å². The Bertz CT molecular complexity index is 882. The van der Waals surface area contributed by atoms with Gasteiger partial charge in [0.15, 0.2) is 11.5 Å². The third kappa shape index (κ3) is 2.64. The van der Waals surface area contributed by atoms with Gasteiger partial charge in [-0.1, -0.05) is 0 Å². The number of fused-ring (bicyclic) bond motifs is 1. The number of carbonyl (C=O) groups is 2. The molecule has 2 aliphatic heterocycles. The summed E-state index contributed by atoms with van der Waals surface area (Å²) in [6.45, 7) is 2.59. The van der Waals surface area contributed by atoms with Gasteiger partial charge < -0.3 is 19.5 Å². The molecule has 1 spiro atoms. The third-order valence-corrected chi connectivity index (χ3v) is 6.16. The topological polar surface area (TPSA) is 104 Å². The van der Waals surface area contributed by atoms with E-state index in [1.807, 2.05) is 4.90 Å². The molecule has 4 heterocycles. The summed E-state index contributed by atoms with van der Waals surface area (Å²) in [5, 5.41) is 0. The average molecular weight is 370 g/mol. The number of imidazole rings is 1. The van der Waals surface area contributed by atoms with Gasteiger partial charge in [0.2, 0.25) is 5.91 Å². The zero-order chi connectivity index (χ0) is 18.4. The number of anilines is 1. The van der Waals surface area contributed by atoms with Gasteiger partial charge in [-0.2, -0.15) is 0 Å². The smallest absolute Gasteiger partial charge is 0.307 e. The van der Waals surface area contributed by atoms with Crippen molar-refractivity contribution in [3.63, 3.8) is 0 Å². The molecule has 0 aromatic carbocycles. The highest BCUT2D eigenvalue weighted by Gasteiger charge is 2.54. The summed E-state index contributed by atoms with van der Waals surface area (Å²) >= 11 is 0. The maximum absolute atomic E-state index is 13.2. The van der Waals surface area contributed by atoms with Gasteiger partial charge in [-0.15, -0.1) is 0 Å². The van der Waals surface area contributed by atoms with E-state index in [0.29, 0.717) is 31.8 Å². The molecule has 27 heavy (non-hydrogen) atoms. The highest BCUT2D eigenvalue weighted by Crippen LogP contribution is 2.46. The Morgan fingerprint density at radius 2 is 1.93 bits per heavy atom. The monoisotopic (exact) mass is 370 g/mol. The minimum Gasteiger partial charge on any atom is -0.458 e. The summed E-state index contributed by atoms with van der Waals surface area (Å²) in [4.78, 5) is 44.9. The van der Waals surface area contributed by atoms with E-state index in [9.17, 15) is 9.59 Å². The SMILES string of the molecule is O=C1CC(C(=O)N2CCN(c3ncnc4nc[nH]c34)CC2)C2(CCCC2)O1. The normalized spacial score (nSPS) is 24.7. The summed E-state index contributed by atoms with van der Waals surface area (Å²) in [5.41, 5.74) is 0.917. The number of nitrogens with zero attached hydrogens (tertiary/aromatic N) is 5. The predicted molar refractivity (Wildman–Crippen MR) is 95.9 cm³/mol. The first-order valence-corrected chi connectivity index (χ1v) is 9.56. The van der Waals surface area contributed by atoms with Gasteiger partial charge in [-0.3, -0.25) is 9.59 Å². The molecule has 1 atom stereocenters. The second kappa shape index (κ2) is 6.17. The van der Waals surface area contributed by atoms with E-state index in [4.69, 9.17) is 4.74 Å². The predicted octanol–water partition coefficient (Wildman–Crippen LogP) is 0.877. The lowest BCUT2D eigenvalue weighted by atomic mass is 9.84. The Hall–Kier alpha value is -2.71. The van der Waals surface area contributed by atoms with Gasteiger partial charge in [0.1, 0.15) is 17.4 Å². The molecule has 5 rings (SSSR count). The quantitative estimate of drug-likeness (QED) is 0.783. The third-order valence-electron chi connectivity index (χ3n) is 6.16. The van der Waals surface area contributed by atoms with Crippen LogP contribution in [0.4, 0.5) is 5.82 Å². The van der Waals surface area contributed by atoms with Crippen molar-refractivity contribution in [3.8, 4) is 0 Å². The average Bonchev–Trinajstić information content (AvgIpc) is 3.42. The fourth-order valence-corrected chi connectivity index (χ4v) is 4.78. The van der Waals surface area contributed by atoms with E-state index in [1.54, 1.807) is 6.33 Å². The van der Waals surface area contributed by atoms with Crippen molar-refractivity contribution in [3.05, 3.63) is 12.7 Å².